The first-order chi connectivity index (χ1) is 9.26. The number of hydrogen-bond acceptors (Lipinski definition) is 3. The van der Waals surface area contributed by atoms with Crippen LogP contribution in [0, 0.1) is 0 Å². The fourth-order valence-electron chi connectivity index (χ4n) is 2.11. The summed E-state index contributed by atoms with van der Waals surface area (Å²) in [5, 5.41) is 0. The van der Waals surface area contributed by atoms with Crippen LogP contribution in [0.25, 0.3) is 0 Å². The summed E-state index contributed by atoms with van der Waals surface area (Å²) in [4.78, 5) is 10.2. The van der Waals surface area contributed by atoms with Gasteiger partial charge in [-0.3, -0.25) is 4.79 Å². The van der Waals surface area contributed by atoms with Gasteiger partial charge in [0.05, 0.1) is 16.5 Å². The van der Waals surface area contributed by atoms with Gasteiger partial charge in [-0.15, -0.1) is 0 Å². The van der Waals surface area contributed by atoms with Gasteiger partial charge in [0, 0.05) is 6.54 Å². The minimum Gasteiger partial charge on any atom is -0.289 e. The first-order valence-corrected chi connectivity index (χ1v) is 7.27. The number of hydrogen-bond donors (Lipinski definition) is 0. The number of benzene rings is 1. The molecule has 4 nitrogen and oxygen atoms in total. The monoisotopic (exact) mass is 306 g/mol. The molecule has 1 atom stereocenters. The lowest BCUT2D eigenvalue weighted by molar-refractivity contribution is -0.137. The van der Waals surface area contributed by atoms with Gasteiger partial charge >= 0.3 is 6.18 Å². The summed E-state index contributed by atoms with van der Waals surface area (Å²) < 4.78 is 63.2. The molecule has 0 bridgehead atoms. The smallest absolute Gasteiger partial charge is 0.289 e. The van der Waals surface area contributed by atoms with Crippen LogP contribution in [0.15, 0.2) is 29.2 Å². The zero-order chi connectivity index (χ0) is 15.0. The average Bonchev–Trinajstić information content (AvgIpc) is 2.87. The topological polar surface area (TPSA) is 54.5 Å². The van der Waals surface area contributed by atoms with Crippen LogP contribution in [0.4, 0.5) is 13.2 Å². The van der Waals surface area contributed by atoms with E-state index in [1.54, 1.807) is 6.29 Å². The average molecular weight is 306 g/mol. The Bertz CT molecular complexity index is 613. The van der Waals surface area contributed by atoms with E-state index in [0.717, 1.165) is 22.5 Å². The molecule has 0 aromatic heterocycles. The number of nitrogens with zero attached hydrogens (tertiary/aromatic N) is 1. The molecule has 1 heterocycles. The van der Waals surface area contributed by atoms with E-state index in [0.29, 0.717) is 18.9 Å². The van der Waals surface area contributed by atoms with Crippen LogP contribution < -0.4 is 0 Å². The number of carbonyl (C=O) groups excluding carboxylic acids is 1. The third-order valence-electron chi connectivity index (χ3n) is 3.11. The molecule has 8 heteroatoms. The Hall–Kier alpha value is -1.41. The van der Waals surface area contributed by atoms with Crippen molar-refractivity contribution in [3.8, 4) is 0 Å². The second-order valence-corrected chi connectivity index (χ2v) is 6.31. The predicted molar refractivity (Wildman–Crippen MR) is 64.1 cm³/mol. The molecule has 0 aliphatic carbocycles. The first-order valence-electron chi connectivity index (χ1n) is 5.83. The van der Waals surface area contributed by atoms with E-state index in [-0.39, 0.29) is 6.54 Å². The standard InChI is InChI=1S/C12H11F3NO3S/c13-12(14,15)9-3-1-5-11(7-9)20(18,19)16-6-2-4-10(16)8-17/h1,3,5,7,10H,2,4,6H2/t10-/m0/s1. The second kappa shape index (κ2) is 5.17. The zero-order valence-corrected chi connectivity index (χ0v) is 11.0. The fourth-order valence-corrected chi connectivity index (χ4v) is 3.76. The van der Waals surface area contributed by atoms with Crippen molar-refractivity contribution in [1.29, 1.82) is 0 Å². The molecule has 1 aliphatic heterocycles. The summed E-state index contributed by atoms with van der Waals surface area (Å²) in [5.74, 6) is 0. The summed E-state index contributed by atoms with van der Waals surface area (Å²) in [7, 11) is -4.11. The number of rotatable bonds is 3. The molecule has 0 unspecified atom stereocenters. The quantitative estimate of drug-likeness (QED) is 0.858. The van der Waals surface area contributed by atoms with Crippen LogP contribution in [0.1, 0.15) is 18.4 Å². The van der Waals surface area contributed by atoms with Crippen molar-refractivity contribution >= 4 is 16.3 Å². The molecule has 1 aliphatic rings. The molecule has 1 radical (unpaired) electrons. The molecular weight excluding hydrogens is 295 g/mol. The van der Waals surface area contributed by atoms with Gasteiger partial charge in [0.1, 0.15) is 0 Å². The first kappa shape index (κ1) is 15.0. The Morgan fingerprint density at radius 2 is 2.00 bits per heavy atom. The van der Waals surface area contributed by atoms with E-state index in [1.165, 1.54) is 0 Å². The highest BCUT2D eigenvalue weighted by molar-refractivity contribution is 7.89. The zero-order valence-electron chi connectivity index (χ0n) is 10.2. The molecule has 20 heavy (non-hydrogen) atoms. The summed E-state index contributed by atoms with van der Waals surface area (Å²) in [5.41, 5.74) is -1.04. The number of halogens is 3. The minimum absolute atomic E-state index is 0.110. The Kier molecular flexibility index (Phi) is 3.88. The molecule has 0 spiro atoms. The van der Waals surface area contributed by atoms with Crippen LogP contribution in [-0.2, 0) is 21.0 Å². The third kappa shape index (κ3) is 2.71. The molecule has 0 N–H and O–H groups in total. The van der Waals surface area contributed by atoms with Gasteiger partial charge in [-0.2, -0.15) is 17.5 Å². The lowest BCUT2D eigenvalue weighted by atomic mass is 10.2. The maximum atomic E-state index is 12.6. The van der Waals surface area contributed by atoms with Gasteiger partial charge in [0.2, 0.25) is 16.3 Å². The third-order valence-corrected chi connectivity index (χ3v) is 5.01. The van der Waals surface area contributed by atoms with Gasteiger partial charge in [-0.25, -0.2) is 8.42 Å². The van der Waals surface area contributed by atoms with Crippen molar-refractivity contribution in [3.05, 3.63) is 29.8 Å². The predicted octanol–water partition coefficient (Wildman–Crippen LogP) is 1.97. The van der Waals surface area contributed by atoms with E-state index in [4.69, 9.17) is 0 Å². The lowest BCUT2D eigenvalue weighted by Gasteiger charge is -2.20. The molecule has 2 rings (SSSR count). The Morgan fingerprint density at radius 1 is 1.30 bits per heavy atom. The van der Waals surface area contributed by atoms with Crippen LogP contribution in [0.3, 0.4) is 0 Å². The molecular formula is C12H11F3NO3S. The highest BCUT2D eigenvalue weighted by Crippen LogP contribution is 2.32. The molecule has 0 amide bonds. The fraction of sp³-hybridized carbons (Fsp3) is 0.417. The summed E-state index contributed by atoms with van der Waals surface area (Å²) in [6, 6.07) is 2.58. The minimum atomic E-state index is -4.62. The van der Waals surface area contributed by atoms with Gasteiger partial charge in [0.25, 0.3) is 0 Å². The summed E-state index contributed by atoms with van der Waals surface area (Å²) in [6.45, 7) is 0.110. The Balaban J connectivity index is 2.42. The van der Waals surface area contributed by atoms with E-state index >= 15 is 0 Å². The van der Waals surface area contributed by atoms with Crippen molar-refractivity contribution in [3.63, 3.8) is 0 Å². The van der Waals surface area contributed by atoms with Crippen LogP contribution in [0.2, 0.25) is 0 Å². The van der Waals surface area contributed by atoms with Gasteiger partial charge < -0.3 is 0 Å². The molecule has 0 saturated carbocycles. The molecule has 109 valence electrons. The van der Waals surface area contributed by atoms with Crippen molar-refractivity contribution in [1.82, 2.24) is 4.31 Å². The molecule has 1 saturated heterocycles. The largest absolute Gasteiger partial charge is 0.416 e. The van der Waals surface area contributed by atoms with Crippen molar-refractivity contribution < 1.29 is 26.4 Å². The Morgan fingerprint density at radius 3 is 2.60 bits per heavy atom. The number of alkyl halides is 3. The van der Waals surface area contributed by atoms with E-state index < -0.39 is 32.7 Å². The van der Waals surface area contributed by atoms with Gasteiger partial charge in [-0.05, 0) is 31.0 Å². The normalized spacial score (nSPS) is 21.1. The van der Waals surface area contributed by atoms with Crippen LogP contribution in [0.5, 0.6) is 0 Å². The highest BCUT2D eigenvalue weighted by Gasteiger charge is 2.37. The van der Waals surface area contributed by atoms with Gasteiger partial charge in [0.15, 0.2) is 0 Å². The maximum Gasteiger partial charge on any atom is 0.416 e. The second-order valence-electron chi connectivity index (χ2n) is 4.42. The SMILES string of the molecule is O=[C][C@@H]1CCCN1S(=O)(=O)c1cccc(C(F)(F)F)c1. The van der Waals surface area contributed by atoms with Crippen molar-refractivity contribution in [2.45, 2.75) is 30.0 Å². The van der Waals surface area contributed by atoms with Crippen molar-refractivity contribution in [2.75, 3.05) is 6.54 Å². The lowest BCUT2D eigenvalue weighted by Crippen LogP contribution is -2.36. The molecule has 1 aromatic carbocycles. The van der Waals surface area contributed by atoms with E-state index in [9.17, 15) is 26.4 Å². The van der Waals surface area contributed by atoms with Crippen LogP contribution >= 0.6 is 0 Å². The summed E-state index contributed by atoms with van der Waals surface area (Å²) >= 11 is 0. The Labute approximate surface area is 114 Å². The highest BCUT2D eigenvalue weighted by atomic mass is 32.2. The van der Waals surface area contributed by atoms with Crippen LogP contribution in [-0.4, -0.2) is 31.6 Å². The van der Waals surface area contributed by atoms with E-state index in [2.05, 4.69) is 0 Å². The maximum absolute atomic E-state index is 12.6. The van der Waals surface area contributed by atoms with Crippen molar-refractivity contribution in [2.24, 2.45) is 0 Å². The number of sulfonamides is 1. The van der Waals surface area contributed by atoms with Gasteiger partial charge in [-0.1, -0.05) is 6.07 Å². The molecule has 1 fully saturated rings. The molecule has 1 aromatic rings. The van der Waals surface area contributed by atoms with E-state index in [1.807, 2.05) is 0 Å². The summed E-state index contributed by atoms with van der Waals surface area (Å²) in [6.07, 6.45) is -2.19.